The molecule has 0 amide bonds. The number of benzene rings is 1. The summed E-state index contributed by atoms with van der Waals surface area (Å²) in [6.07, 6.45) is 0.237. The van der Waals surface area contributed by atoms with E-state index in [0.29, 0.717) is 12.6 Å². The molecule has 1 saturated heterocycles. The van der Waals surface area contributed by atoms with E-state index in [-0.39, 0.29) is 6.10 Å². The molecule has 21 heavy (non-hydrogen) atoms. The number of nitrogens with zero attached hydrogens (tertiary/aromatic N) is 1. The van der Waals surface area contributed by atoms with Crippen LogP contribution in [0, 0.1) is 0 Å². The molecule has 0 aliphatic carbocycles. The van der Waals surface area contributed by atoms with Crippen LogP contribution in [-0.4, -0.2) is 48.5 Å². The van der Waals surface area contributed by atoms with E-state index in [1.165, 1.54) is 0 Å². The SMILES string of the molecule is CCCOc1ccc(C(O)C2CN(C(C)C)CCO2)cc1. The van der Waals surface area contributed by atoms with E-state index in [4.69, 9.17) is 9.47 Å². The molecule has 0 aromatic heterocycles. The van der Waals surface area contributed by atoms with Crippen LogP contribution in [0.15, 0.2) is 24.3 Å². The quantitative estimate of drug-likeness (QED) is 0.875. The Morgan fingerprint density at radius 3 is 2.67 bits per heavy atom. The number of hydrogen-bond donors (Lipinski definition) is 1. The van der Waals surface area contributed by atoms with Gasteiger partial charge < -0.3 is 14.6 Å². The molecule has 1 aliphatic rings. The molecule has 1 aromatic rings. The molecule has 1 aromatic carbocycles. The Balaban J connectivity index is 1.97. The Kier molecular flexibility index (Phi) is 6.03. The highest BCUT2D eigenvalue weighted by Gasteiger charge is 2.28. The molecule has 0 spiro atoms. The average molecular weight is 293 g/mol. The van der Waals surface area contributed by atoms with Crippen molar-refractivity contribution in [3.8, 4) is 5.75 Å². The standard InChI is InChI=1S/C17H27NO3/c1-4-10-20-15-7-5-14(6-8-15)17(19)16-12-18(13(2)3)9-11-21-16/h5-8,13,16-17,19H,4,9-12H2,1-3H3. The van der Waals surface area contributed by atoms with Gasteiger partial charge in [0, 0.05) is 19.1 Å². The highest BCUT2D eigenvalue weighted by atomic mass is 16.5. The van der Waals surface area contributed by atoms with Crippen LogP contribution in [-0.2, 0) is 4.74 Å². The van der Waals surface area contributed by atoms with Gasteiger partial charge in [0.25, 0.3) is 0 Å². The van der Waals surface area contributed by atoms with Crippen molar-refractivity contribution >= 4 is 0 Å². The third-order valence-corrected chi connectivity index (χ3v) is 3.90. The lowest BCUT2D eigenvalue weighted by Gasteiger charge is -2.37. The minimum absolute atomic E-state index is 0.163. The van der Waals surface area contributed by atoms with E-state index in [2.05, 4.69) is 25.7 Å². The minimum Gasteiger partial charge on any atom is -0.494 e. The number of ether oxygens (including phenoxy) is 2. The summed E-state index contributed by atoms with van der Waals surface area (Å²) in [6, 6.07) is 8.16. The first-order valence-electron chi connectivity index (χ1n) is 7.88. The summed E-state index contributed by atoms with van der Waals surface area (Å²) in [5.41, 5.74) is 0.884. The summed E-state index contributed by atoms with van der Waals surface area (Å²) < 4.78 is 11.3. The number of rotatable bonds is 6. The molecule has 2 unspecified atom stereocenters. The third-order valence-electron chi connectivity index (χ3n) is 3.90. The lowest BCUT2D eigenvalue weighted by Crippen LogP contribution is -2.47. The van der Waals surface area contributed by atoms with Crippen molar-refractivity contribution in [2.75, 3.05) is 26.3 Å². The van der Waals surface area contributed by atoms with Gasteiger partial charge in [0.05, 0.1) is 13.2 Å². The molecule has 2 atom stereocenters. The largest absolute Gasteiger partial charge is 0.494 e. The molecule has 4 nitrogen and oxygen atoms in total. The zero-order valence-electron chi connectivity index (χ0n) is 13.3. The fourth-order valence-electron chi connectivity index (χ4n) is 2.55. The first-order chi connectivity index (χ1) is 10.1. The molecule has 1 aliphatic heterocycles. The van der Waals surface area contributed by atoms with E-state index in [0.717, 1.165) is 37.4 Å². The van der Waals surface area contributed by atoms with Gasteiger partial charge in [-0.2, -0.15) is 0 Å². The number of hydrogen-bond acceptors (Lipinski definition) is 4. The molecule has 118 valence electrons. The van der Waals surface area contributed by atoms with E-state index < -0.39 is 6.10 Å². The highest BCUT2D eigenvalue weighted by Crippen LogP contribution is 2.25. The molecular weight excluding hydrogens is 266 g/mol. The molecule has 4 heteroatoms. The van der Waals surface area contributed by atoms with Gasteiger partial charge >= 0.3 is 0 Å². The average Bonchev–Trinajstić information content (AvgIpc) is 2.53. The Labute approximate surface area is 127 Å². The van der Waals surface area contributed by atoms with Crippen LogP contribution in [0.4, 0.5) is 0 Å². The number of aliphatic hydroxyl groups excluding tert-OH is 1. The topological polar surface area (TPSA) is 41.9 Å². The second-order valence-electron chi connectivity index (χ2n) is 5.86. The molecule has 2 rings (SSSR count). The lowest BCUT2D eigenvalue weighted by molar-refractivity contribution is -0.0961. The van der Waals surface area contributed by atoms with Crippen LogP contribution in [0.3, 0.4) is 0 Å². The van der Waals surface area contributed by atoms with Crippen LogP contribution in [0.25, 0.3) is 0 Å². The van der Waals surface area contributed by atoms with Crippen molar-refractivity contribution in [2.24, 2.45) is 0 Å². The second kappa shape index (κ2) is 7.78. The maximum Gasteiger partial charge on any atom is 0.119 e. The predicted octanol–water partition coefficient (Wildman–Crippen LogP) is 2.62. The first kappa shape index (κ1) is 16.3. The molecule has 1 heterocycles. The van der Waals surface area contributed by atoms with Crippen LogP contribution in [0.1, 0.15) is 38.9 Å². The minimum atomic E-state index is -0.591. The normalized spacial score (nSPS) is 21.5. The summed E-state index contributed by atoms with van der Waals surface area (Å²) >= 11 is 0. The lowest BCUT2D eigenvalue weighted by atomic mass is 10.0. The van der Waals surface area contributed by atoms with Crippen LogP contribution in [0.5, 0.6) is 5.75 Å². The zero-order valence-corrected chi connectivity index (χ0v) is 13.3. The molecule has 0 bridgehead atoms. The fraction of sp³-hybridized carbons (Fsp3) is 0.647. The molecule has 1 fully saturated rings. The number of morpholine rings is 1. The summed E-state index contributed by atoms with van der Waals surface area (Å²) in [4.78, 5) is 2.34. The monoisotopic (exact) mass is 293 g/mol. The fourth-order valence-corrected chi connectivity index (χ4v) is 2.55. The smallest absolute Gasteiger partial charge is 0.119 e. The van der Waals surface area contributed by atoms with Gasteiger partial charge in [0.15, 0.2) is 0 Å². The Hall–Kier alpha value is -1.10. The van der Waals surface area contributed by atoms with Crippen molar-refractivity contribution in [1.29, 1.82) is 0 Å². The summed E-state index contributed by atoms with van der Waals surface area (Å²) in [7, 11) is 0. The van der Waals surface area contributed by atoms with Crippen LogP contribution >= 0.6 is 0 Å². The van der Waals surface area contributed by atoms with E-state index in [1.807, 2.05) is 24.3 Å². The van der Waals surface area contributed by atoms with Gasteiger partial charge in [-0.1, -0.05) is 19.1 Å². The Bertz CT molecular complexity index is 419. The number of aliphatic hydroxyl groups is 1. The van der Waals surface area contributed by atoms with Crippen LogP contribution < -0.4 is 4.74 Å². The Morgan fingerprint density at radius 1 is 1.33 bits per heavy atom. The van der Waals surface area contributed by atoms with E-state index >= 15 is 0 Å². The van der Waals surface area contributed by atoms with Gasteiger partial charge in [-0.25, -0.2) is 0 Å². The molecule has 0 saturated carbocycles. The summed E-state index contributed by atoms with van der Waals surface area (Å²) in [5.74, 6) is 0.848. The maximum atomic E-state index is 10.5. The van der Waals surface area contributed by atoms with Gasteiger partial charge in [-0.05, 0) is 38.0 Å². The third kappa shape index (κ3) is 4.43. The zero-order chi connectivity index (χ0) is 15.2. The maximum absolute atomic E-state index is 10.5. The van der Waals surface area contributed by atoms with Crippen molar-refractivity contribution in [1.82, 2.24) is 4.90 Å². The second-order valence-corrected chi connectivity index (χ2v) is 5.86. The van der Waals surface area contributed by atoms with Crippen LogP contribution in [0.2, 0.25) is 0 Å². The predicted molar refractivity (Wildman–Crippen MR) is 83.6 cm³/mol. The van der Waals surface area contributed by atoms with Gasteiger partial charge in [-0.3, -0.25) is 4.90 Å². The molecule has 0 radical (unpaired) electrons. The highest BCUT2D eigenvalue weighted by molar-refractivity contribution is 5.29. The summed E-state index contributed by atoms with van der Waals surface area (Å²) in [6.45, 7) is 9.54. The van der Waals surface area contributed by atoms with E-state index in [1.54, 1.807) is 0 Å². The van der Waals surface area contributed by atoms with Gasteiger partial charge in [0.2, 0.25) is 0 Å². The van der Waals surface area contributed by atoms with Crippen molar-refractivity contribution in [2.45, 2.75) is 45.4 Å². The summed E-state index contributed by atoms with van der Waals surface area (Å²) in [5, 5.41) is 10.5. The van der Waals surface area contributed by atoms with Crippen molar-refractivity contribution in [3.63, 3.8) is 0 Å². The van der Waals surface area contributed by atoms with Crippen molar-refractivity contribution in [3.05, 3.63) is 29.8 Å². The van der Waals surface area contributed by atoms with E-state index in [9.17, 15) is 5.11 Å². The Morgan fingerprint density at radius 2 is 2.05 bits per heavy atom. The molecular formula is C17H27NO3. The molecule has 1 N–H and O–H groups in total. The van der Waals surface area contributed by atoms with Gasteiger partial charge in [-0.15, -0.1) is 0 Å². The van der Waals surface area contributed by atoms with Gasteiger partial charge in [0.1, 0.15) is 18.0 Å². The first-order valence-corrected chi connectivity index (χ1v) is 7.88. The van der Waals surface area contributed by atoms with Crippen molar-refractivity contribution < 1.29 is 14.6 Å².